The Balaban J connectivity index is 1.75. The molecule has 0 amide bonds. The Morgan fingerprint density at radius 3 is 2.00 bits per heavy atom. The van der Waals surface area contributed by atoms with E-state index in [-0.39, 0.29) is 4.90 Å². The van der Waals surface area contributed by atoms with Crippen molar-refractivity contribution < 1.29 is 22.7 Å². The van der Waals surface area contributed by atoms with E-state index in [1.165, 1.54) is 30.6 Å². The Kier molecular flexibility index (Phi) is 6.12. The molecule has 0 aliphatic rings. The van der Waals surface area contributed by atoms with Crippen LogP contribution in [0.1, 0.15) is 21.5 Å². The lowest BCUT2D eigenvalue weighted by Crippen LogP contribution is -2.26. The minimum absolute atomic E-state index is 0.149. The zero-order chi connectivity index (χ0) is 21.9. The number of hydrogen-bond acceptors (Lipinski definition) is 5. The van der Waals surface area contributed by atoms with Gasteiger partial charge in [-0.1, -0.05) is 6.07 Å². The van der Waals surface area contributed by atoms with Crippen molar-refractivity contribution in [1.29, 1.82) is 0 Å². The summed E-state index contributed by atoms with van der Waals surface area (Å²) in [5.74, 6) is 0.439. The molecule has 0 aliphatic carbocycles. The van der Waals surface area contributed by atoms with Crippen molar-refractivity contribution in [2.24, 2.45) is 0 Å². The summed E-state index contributed by atoms with van der Waals surface area (Å²) in [6, 6.07) is 17.8. The van der Waals surface area contributed by atoms with Crippen LogP contribution in [0.4, 0.5) is 5.69 Å². The molecule has 0 fully saturated rings. The van der Waals surface area contributed by atoms with Crippen LogP contribution in [0.25, 0.3) is 0 Å². The second kappa shape index (κ2) is 8.59. The first-order valence-electron chi connectivity index (χ1n) is 9.25. The molecule has 6 nitrogen and oxygen atoms in total. The minimum atomic E-state index is -3.73. The van der Waals surface area contributed by atoms with E-state index in [0.717, 1.165) is 11.1 Å². The second-order valence-electron chi connectivity index (χ2n) is 6.83. The Morgan fingerprint density at radius 1 is 0.833 bits per heavy atom. The van der Waals surface area contributed by atoms with Crippen molar-refractivity contribution in [2.45, 2.75) is 18.7 Å². The summed E-state index contributed by atoms with van der Waals surface area (Å²) in [6.45, 7) is 3.90. The van der Waals surface area contributed by atoms with Gasteiger partial charge in [0.15, 0.2) is 0 Å². The lowest BCUT2D eigenvalue weighted by atomic mass is 10.1. The summed E-state index contributed by atoms with van der Waals surface area (Å²) in [5.41, 5.74) is 3.00. The average Bonchev–Trinajstić information content (AvgIpc) is 2.75. The molecule has 3 rings (SSSR count). The summed E-state index contributed by atoms with van der Waals surface area (Å²) in [5, 5.41) is 0. The van der Waals surface area contributed by atoms with Gasteiger partial charge < -0.3 is 9.47 Å². The molecule has 0 aromatic heterocycles. The molecule has 0 radical (unpaired) electrons. The summed E-state index contributed by atoms with van der Waals surface area (Å²) in [4.78, 5) is 12.5. The lowest BCUT2D eigenvalue weighted by molar-refractivity contribution is 0.0734. The average molecular weight is 426 g/mol. The maximum absolute atomic E-state index is 12.8. The summed E-state index contributed by atoms with van der Waals surface area (Å²) in [6.07, 6.45) is 0. The van der Waals surface area contributed by atoms with Crippen molar-refractivity contribution >= 4 is 21.7 Å². The third kappa shape index (κ3) is 4.46. The van der Waals surface area contributed by atoms with E-state index in [2.05, 4.69) is 0 Å². The standard InChI is InChI=1S/C23H23NO5S/c1-16-5-6-18(15-17(16)2)23(25)29-21-9-7-19(8-10-21)24(3)30(26,27)22-13-11-20(28-4)12-14-22/h5-15H,1-4H3. The molecule has 0 heterocycles. The Labute approximate surface area is 176 Å². The van der Waals surface area contributed by atoms with E-state index in [9.17, 15) is 13.2 Å². The van der Waals surface area contributed by atoms with Crippen LogP contribution in [0, 0.1) is 13.8 Å². The third-order valence-electron chi connectivity index (χ3n) is 4.87. The van der Waals surface area contributed by atoms with E-state index in [1.54, 1.807) is 48.5 Å². The number of anilines is 1. The van der Waals surface area contributed by atoms with Gasteiger partial charge in [0.25, 0.3) is 10.0 Å². The summed E-state index contributed by atoms with van der Waals surface area (Å²) in [7, 11) is -0.749. The molecule has 3 aromatic rings. The summed E-state index contributed by atoms with van der Waals surface area (Å²) >= 11 is 0. The number of sulfonamides is 1. The Bertz CT molecular complexity index is 1150. The van der Waals surface area contributed by atoms with Gasteiger partial charge in [-0.05, 0) is 85.6 Å². The van der Waals surface area contributed by atoms with Crippen molar-refractivity contribution in [3.8, 4) is 11.5 Å². The van der Waals surface area contributed by atoms with Gasteiger partial charge in [-0.15, -0.1) is 0 Å². The number of aryl methyl sites for hydroxylation is 2. The molecule has 3 aromatic carbocycles. The van der Waals surface area contributed by atoms with Crippen LogP contribution in [0.3, 0.4) is 0 Å². The number of rotatable bonds is 6. The van der Waals surface area contributed by atoms with Crippen LogP contribution in [-0.4, -0.2) is 28.5 Å². The fourth-order valence-electron chi connectivity index (χ4n) is 2.80. The fraction of sp³-hybridized carbons (Fsp3) is 0.174. The molecule has 156 valence electrons. The van der Waals surface area contributed by atoms with Gasteiger partial charge in [-0.2, -0.15) is 0 Å². The molecule has 0 saturated heterocycles. The van der Waals surface area contributed by atoms with Gasteiger partial charge in [-0.3, -0.25) is 4.31 Å². The molecule has 0 spiro atoms. The number of nitrogens with zero attached hydrogens (tertiary/aromatic N) is 1. The monoisotopic (exact) mass is 425 g/mol. The molecule has 0 N–H and O–H groups in total. The lowest BCUT2D eigenvalue weighted by Gasteiger charge is -2.20. The van der Waals surface area contributed by atoms with Crippen LogP contribution in [0.15, 0.2) is 71.6 Å². The van der Waals surface area contributed by atoms with Crippen LogP contribution in [-0.2, 0) is 10.0 Å². The third-order valence-corrected chi connectivity index (χ3v) is 6.67. The van der Waals surface area contributed by atoms with Crippen LogP contribution in [0.2, 0.25) is 0 Å². The Hall–Kier alpha value is -3.32. The maximum Gasteiger partial charge on any atom is 0.343 e. The highest BCUT2D eigenvalue weighted by atomic mass is 32.2. The highest BCUT2D eigenvalue weighted by molar-refractivity contribution is 7.92. The van der Waals surface area contributed by atoms with Crippen molar-refractivity contribution in [3.05, 3.63) is 83.4 Å². The smallest absolute Gasteiger partial charge is 0.343 e. The van der Waals surface area contributed by atoms with Crippen LogP contribution >= 0.6 is 0 Å². The van der Waals surface area contributed by atoms with Crippen LogP contribution < -0.4 is 13.8 Å². The van der Waals surface area contributed by atoms with Gasteiger partial charge in [0.05, 0.1) is 23.3 Å². The molecule has 0 bridgehead atoms. The molecular weight excluding hydrogens is 402 g/mol. The number of methoxy groups -OCH3 is 1. The molecule has 0 saturated carbocycles. The first kappa shape index (κ1) is 21.4. The Morgan fingerprint density at radius 2 is 1.43 bits per heavy atom. The highest BCUT2D eigenvalue weighted by Gasteiger charge is 2.21. The molecule has 0 atom stereocenters. The molecule has 0 aliphatic heterocycles. The molecule has 0 unspecified atom stereocenters. The predicted octanol–water partition coefficient (Wildman–Crippen LogP) is 4.36. The van der Waals surface area contributed by atoms with Gasteiger partial charge in [-0.25, -0.2) is 13.2 Å². The number of carbonyl (C=O) groups excluding carboxylic acids is 1. The number of carbonyl (C=O) groups is 1. The topological polar surface area (TPSA) is 72.9 Å². The van der Waals surface area contributed by atoms with Gasteiger partial charge >= 0.3 is 5.97 Å². The molecule has 30 heavy (non-hydrogen) atoms. The van der Waals surface area contributed by atoms with Crippen molar-refractivity contribution in [3.63, 3.8) is 0 Å². The van der Waals surface area contributed by atoms with E-state index >= 15 is 0 Å². The largest absolute Gasteiger partial charge is 0.497 e. The zero-order valence-electron chi connectivity index (χ0n) is 17.2. The predicted molar refractivity (Wildman–Crippen MR) is 116 cm³/mol. The number of hydrogen-bond donors (Lipinski definition) is 0. The minimum Gasteiger partial charge on any atom is -0.497 e. The normalized spacial score (nSPS) is 11.1. The van der Waals surface area contributed by atoms with E-state index in [0.29, 0.717) is 22.7 Å². The number of ether oxygens (including phenoxy) is 2. The van der Waals surface area contributed by atoms with Crippen molar-refractivity contribution in [2.75, 3.05) is 18.5 Å². The van der Waals surface area contributed by atoms with E-state index < -0.39 is 16.0 Å². The van der Waals surface area contributed by atoms with E-state index in [4.69, 9.17) is 9.47 Å². The van der Waals surface area contributed by atoms with Gasteiger partial charge in [0, 0.05) is 7.05 Å². The number of esters is 1. The second-order valence-corrected chi connectivity index (χ2v) is 8.80. The summed E-state index contributed by atoms with van der Waals surface area (Å²) < 4.78 is 37.3. The van der Waals surface area contributed by atoms with E-state index in [1.807, 2.05) is 19.9 Å². The van der Waals surface area contributed by atoms with Gasteiger partial charge in [0.1, 0.15) is 11.5 Å². The molecule has 7 heteroatoms. The zero-order valence-corrected chi connectivity index (χ0v) is 18.1. The first-order chi connectivity index (χ1) is 14.2. The maximum atomic E-state index is 12.8. The quantitative estimate of drug-likeness (QED) is 0.433. The van der Waals surface area contributed by atoms with Gasteiger partial charge in [0.2, 0.25) is 0 Å². The highest BCUT2D eigenvalue weighted by Crippen LogP contribution is 2.26. The molecular formula is C23H23NO5S. The first-order valence-corrected chi connectivity index (χ1v) is 10.7. The SMILES string of the molecule is COc1ccc(S(=O)(=O)N(C)c2ccc(OC(=O)c3ccc(C)c(C)c3)cc2)cc1. The van der Waals surface area contributed by atoms with Crippen LogP contribution in [0.5, 0.6) is 11.5 Å². The number of benzene rings is 3. The van der Waals surface area contributed by atoms with Crippen molar-refractivity contribution in [1.82, 2.24) is 0 Å². The fourth-order valence-corrected chi connectivity index (χ4v) is 4.00.